The normalized spacial score (nSPS) is 10.7. The van der Waals surface area contributed by atoms with Crippen molar-refractivity contribution in [2.45, 2.75) is 20.4 Å². The Morgan fingerprint density at radius 1 is 0.893 bits per heavy atom. The van der Waals surface area contributed by atoms with Crippen molar-refractivity contribution < 1.29 is 23.9 Å². The van der Waals surface area contributed by atoms with Crippen LogP contribution in [0.3, 0.4) is 0 Å². The molecule has 2 N–H and O–H groups in total. The Bertz CT molecular complexity index is 842. The minimum Gasteiger partial charge on any atom is -0.497 e. The molecule has 0 aliphatic heterocycles. The minimum atomic E-state index is -1.28. The second-order valence-electron chi connectivity index (χ2n) is 6.68. The van der Waals surface area contributed by atoms with Gasteiger partial charge in [-0.3, -0.25) is 9.59 Å². The van der Waals surface area contributed by atoms with E-state index in [0.29, 0.717) is 17.8 Å². The molecule has 2 aromatic carbocycles. The lowest BCUT2D eigenvalue weighted by atomic mass is 9.90. The van der Waals surface area contributed by atoms with Gasteiger partial charge in [-0.1, -0.05) is 12.1 Å². The van der Waals surface area contributed by atoms with Gasteiger partial charge in [-0.05, 0) is 55.8 Å². The molecule has 2 rings (SSSR count). The van der Waals surface area contributed by atoms with Gasteiger partial charge in [0.25, 0.3) is 0 Å². The Kier molecular flexibility index (Phi) is 6.76. The van der Waals surface area contributed by atoms with Gasteiger partial charge in [0.15, 0.2) is 0 Å². The lowest BCUT2D eigenvalue weighted by Gasteiger charge is -2.23. The minimum absolute atomic E-state index is 0.299. The zero-order valence-corrected chi connectivity index (χ0v) is 16.4. The number of methoxy groups -OCH3 is 2. The average molecular weight is 384 g/mol. The predicted molar refractivity (Wildman–Crippen MR) is 105 cm³/mol. The summed E-state index contributed by atoms with van der Waals surface area (Å²) < 4.78 is 9.73. The van der Waals surface area contributed by atoms with Crippen LogP contribution in [0.1, 0.15) is 29.8 Å². The van der Waals surface area contributed by atoms with Crippen LogP contribution in [0.15, 0.2) is 48.5 Å². The van der Waals surface area contributed by atoms with Crippen LogP contribution in [-0.2, 0) is 20.9 Å². The molecule has 0 radical (unpaired) electrons. The van der Waals surface area contributed by atoms with Gasteiger partial charge < -0.3 is 20.1 Å². The summed E-state index contributed by atoms with van der Waals surface area (Å²) in [5, 5.41) is 5.47. The fourth-order valence-electron chi connectivity index (χ4n) is 2.34. The number of nitrogens with one attached hydrogen (secondary N) is 2. The Morgan fingerprint density at radius 2 is 1.50 bits per heavy atom. The fourth-order valence-corrected chi connectivity index (χ4v) is 2.34. The molecule has 7 heteroatoms. The van der Waals surface area contributed by atoms with Crippen molar-refractivity contribution >= 4 is 23.5 Å². The quantitative estimate of drug-likeness (QED) is 0.566. The summed E-state index contributed by atoms with van der Waals surface area (Å²) in [5.74, 6) is -0.582. The van der Waals surface area contributed by atoms with Crippen LogP contribution in [0.25, 0.3) is 0 Å². The first-order chi connectivity index (χ1) is 13.3. The third kappa shape index (κ3) is 5.09. The number of carbonyl (C=O) groups excluding carboxylic acids is 3. The van der Waals surface area contributed by atoms with Gasteiger partial charge in [0.2, 0.25) is 11.8 Å². The molecule has 0 fully saturated rings. The first-order valence-electron chi connectivity index (χ1n) is 8.69. The number of carbonyl (C=O) groups is 3. The molecule has 0 atom stereocenters. The van der Waals surface area contributed by atoms with Crippen LogP contribution in [0.4, 0.5) is 5.69 Å². The summed E-state index contributed by atoms with van der Waals surface area (Å²) in [7, 11) is 2.88. The summed E-state index contributed by atoms with van der Waals surface area (Å²) in [6.45, 7) is 3.40. The fraction of sp³-hybridized carbons (Fsp3) is 0.286. The number of amides is 2. The molecule has 0 saturated carbocycles. The highest BCUT2D eigenvalue weighted by atomic mass is 16.5. The van der Waals surface area contributed by atoms with Gasteiger partial charge in [-0.2, -0.15) is 0 Å². The Hall–Kier alpha value is -3.35. The van der Waals surface area contributed by atoms with E-state index in [1.54, 1.807) is 45.2 Å². The molecule has 7 nitrogen and oxygen atoms in total. The van der Waals surface area contributed by atoms with Gasteiger partial charge in [0.1, 0.15) is 11.2 Å². The number of esters is 1. The first-order valence-corrected chi connectivity index (χ1v) is 8.69. The molecule has 0 aliphatic rings. The van der Waals surface area contributed by atoms with Gasteiger partial charge in [-0.25, -0.2) is 4.79 Å². The van der Waals surface area contributed by atoms with E-state index in [0.717, 1.165) is 11.3 Å². The second-order valence-corrected chi connectivity index (χ2v) is 6.68. The summed E-state index contributed by atoms with van der Waals surface area (Å²) in [4.78, 5) is 36.5. The molecule has 0 aromatic heterocycles. The maximum absolute atomic E-state index is 12.6. The summed E-state index contributed by atoms with van der Waals surface area (Å²) in [6, 6.07) is 13.5. The first kappa shape index (κ1) is 21.0. The number of hydrogen-bond acceptors (Lipinski definition) is 5. The lowest BCUT2D eigenvalue weighted by molar-refractivity contribution is -0.138. The summed E-state index contributed by atoms with van der Waals surface area (Å²) in [6.07, 6.45) is 0. The molecular weight excluding hydrogens is 360 g/mol. The van der Waals surface area contributed by atoms with Crippen molar-refractivity contribution in [3.63, 3.8) is 0 Å². The van der Waals surface area contributed by atoms with E-state index in [2.05, 4.69) is 15.4 Å². The number of hydrogen-bond donors (Lipinski definition) is 2. The van der Waals surface area contributed by atoms with Crippen LogP contribution in [0, 0.1) is 5.41 Å². The molecule has 2 amide bonds. The third-order valence-electron chi connectivity index (χ3n) is 4.31. The standard InChI is InChI=1S/C21H24N2O5/c1-21(2,19(25)22-13-14-5-11-17(27-3)12-6-14)20(26)23-16-9-7-15(8-10-16)18(24)28-4/h5-12H,13H2,1-4H3,(H,22,25)(H,23,26). The molecule has 0 heterocycles. The number of rotatable bonds is 7. The van der Waals surface area contributed by atoms with Crippen LogP contribution in [0.5, 0.6) is 5.75 Å². The molecular formula is C21H24N2O5. The molecule has 0 aliphatic carbocycles. The highest BCUT2D eigenvalue weighted by Gasteiger charge is 2.35. The monoisotopic (exact) mass is 384 g/mol. The van der Waals surface area contributed by atoms with E-state index in [-0.39, 0.29) is 0 Å². The van der Waals surface area contributed by atoms with Crippen molar-refractivity contribution in [2.75, 3.05) is 19.5 Å². The average Bonchev–Trinajstić information content (AvgIpc) is 2.72. The van der Waals surface area contributed by atoms with Gasteiger partial charge in [0.05, 0.1) is 19.8 Å². The van der Waals surface area contributed by atoms with Gasteiger partial charge in [-0.15, -0.1) is 0 Å². The third-order valence-corrected chi connectivity index (χ3v) is 4.31. The molecule has 0 spiro atoms. The number of benzene rings is 2. The second kappa shape index (κ2) is 9.03. The predicted octanol–water partition coefficient (Wildman–Crippen LogP) is 2.76. The van der Waals surface area contributed by atoms with E-state index >= 15 is 0 Å². The smallest absolute Gasteiger partial charge is 0.337 e. The molecule has 148 valence electrons. The van der Waals surface area contributed by atoms with Gasteiger partial charge >= 0.3 is 5.97 Å². The highest BCUT2D eigenvalue weighted by molar-refractivity contribution is 6.09. The van der Waals surface area contributed by atoms with Gasteiger partial charge in [0, 0.05) is 12.2 Å². The van der Waals surface area contributed by atoms with E-state index in [9.17, 15) is 14.4 Å². The molecule has 28 heavy (non-hydrogen) atoms. The Balaban J connectivity index is 1.96. The summed E-state index contributed by atoms with van der Waals surface area (Å²) in [5.41, 5.74) is 0.461. The molecule has 0 saturated heterocycles. The zero-order valence-electron chi connectivity index (χ0n) is 16.4. The van der Waals surface area contributed by atoms with Crippen LogP contribution in [0.2, 0.25) is 0 Å². The van der Waals surface area contributed by atoms with E-state index < -0.39 is 23.2 Å². The molecule has 0 unspecified atom stereocenters. The zero-order chi connectivity index (χ0) is 20.7. The van der Waals surface area contributed by atoms with Crippen molar-refractivity contribution in [2.24, 2.45) is 5.41 Å². The van der Waals surface area contributed by atoms with Crippen molar-refractivity contribution in [3.05, 3.63) is 59.7 Å². The Labute approximate surface area is 164 Å². The highest BCUT2D eigenvalue weighted by Crippen LogP contribution is 2.20. The lowest BCUT2D eigenvalue weighted by Crippen LogP contribution is -2.44. The van der Waals surface area contributed by atoms with Crippen LogP contribution in [-0.4, -0.2) is 32.0 Å². The van der Waals surface area contributed by atoms with Crippen molar-refractivity contribution in [3.8, 4) is 5.75 Å². The summed E-state index contributed by atoms with van der Waals surface area (Å²) >= 11 is 0. The molecule has 0 bridgehead atoms. The number of anilines is 1. The maximum atomic E-state index is 12.6. The largest absolute Gasteiger partial charge is 0.497 e. The Morgan fingerprint density at radius 3 is 2.04 bits per heavy atom. The van der Waals surface area contributed by atoms with E-state index in [1.165, 1.54) is 19.2 Å². The topological polar surface area (TPSA) is 93.7 Å². The van der Waals surface area contributed by atoms with E-state index in [1.807, 2.05) is 12.1 Å². The van der Waals surface area contributed by atoms with Crippen LogP contribution < -0.4 is 15.4 Å². The maximum Gasteiger partial charge on any atom is 0.337 e. The van der Waals surface area contributed by atoms with Crippen molar-refractivity contribution in [1.82, 2.24) is 5.32 Å². The SMILES string of the molecule is COC(=O)c1ccc(NC(=O)C(C)(C)C(=O)NCc2ccc(OC)cc2)cc1. The van der Waals surface area contributed by atoms with Crippen molar-refractivity contribution in [1.29, 1.82) is 0 Å². The molecule has 2 aromatic rings. The van der Waals surface area contributed by atoms with E-state index in [4.69, 9.17) is 4.74 Å². The van der Waals surface area contributed by atoms with Crippen LogP contribution >= 0.6 is 0 Å². The number of ether oxygens (including phenoxy) is 2.